The van der Waals surface area contributed by atoms with Crippen molar-refractivity contribution in [3.05, 3.63) is 54.1 Å². The van der Waals surface area contributed by atoms with Crippen molar-refractivity contribution in [1.29, 1.82) is 0 Å². The van der Waals surface area contributed by atoms with E-state index in [1.807, 2.05) is 32.0 Å². The molecule has 1 N–H and O–H groups in total. The molecule has 99 valence electrons. The molecule has 1 aromatic rings. The third-order valence-corrected chi connectivity index (χ3v) is 3.79. The highest BCUT2D eigenvalue weighted by Crippen LogP contribution is 2.40. The predicted molar refractivity (Wildman–Crippen MR) is 77.3 cm³/mol. The van der Waals surface area contributed by atoms with Gasteiger partial charge in [0.05, 0.1) is 11.6 Å². The molecule has 1 aliphatic heterocycles. The minimum Gasteiger partial charge on any atom is -0.388 e. The first-order chi connectivity index (χ1) is 9.07. The van der Waals surface area contributed by atoms with Crippen LogP contribution in [0.15, 0.2) is 42.5 Å². The maximum Gasteiger partial charge on any atom is 0.0830 e. The average Bonchev–Trinajstić information content (AvgIpc) is 3.22. The summed E-state index contributed by atoms with van der Waals surface area (Å²) in [4.78, 5) is 2.38. The number of aliphatic hydroxyl groups is 1. The minimum absolute atomic E-state index is 0.0419. The lowest BCUT2D eigenvalue weighted by atomic mass is 9.92. The molecule has 2 nitrogen and oxygen atoms in total. The van der Waals surface area contributed by atoms with Crippen molar-refractivity contribution in [1.82, 2.24) is 4.90 Å². The molecule has 19 heavy (non-hydrogen) atoms. The molecule has 1 aliphatic carbocycles. The van der Waals surface area contributed by atoms with Gasteiger partial charge in [0.25, 0.3) is 0 Å². The Kier molecular flexibility index (Phi) is 2.98. The van der Waals surface area contributed by atoms with Crippen LogP contribution in [0.4, 0.5) is 0 Å². The van der Waals surface area contributed by atoms with E-state index in [2.05, 4.69) is 35.3 Å². The van der Waals surface area contributed by atoms with Crippen LogP contribution in [0.5, 0.6) is 0 Å². The molecule has 3 rings (SSSR count). The zero-order valence-corrected chi connectivity index (χ0v) is 11.5. The molecular formula is C17H20NO. The van der Waals surface area contributed by atoms with Crippen molar-refractivity contribution < 1.29 is 5.11 Å². The molecule has 1 heterocycles. The zero-order valence-electron chi connectivity index (χ0n) is 11.5. The molecule has 1 unspecified atom stereocenters. The Morgan fingerprint density at radius 2 is 2.16 bits per heavy atom. The van der Waals surface area contributed by atoms with Gasteiger partial charge in [-0.15, -0.1) is 0 Å². The van der Waals surface area contributed by atoms with Crippen molar-refractivity contribution in [2.45, 2.75) is 44.4 Å². The second-order valence-electron chi connectivity index (χ2n) is 5.97. The molecule has 1 radical (unpaired) electrons. The van der Waals surface area contributed by atoms with E-state index in [4.69, 9.17) is 0 Å². The molecule has 1 atom stereocenters. The summed E-state index contributed by atoms with van der Waals surface area (Å²) in [6.45, 7) is 3.77. The maximum absolute atomic E-state index is 10.4. The third-order valence-electron chi connectivity index (χ3n) is 3.79. The van der Waals surface area contributed by atoms with Crippen LogP contribution in [0.25, 0.3) is 5.70 Å². The van der Waals surface area contributed by atoms with E-state index in [9.17, 15) is 5.11 Å². The van der Waals surface area contributed by atoms with Crippen LogP contribution in [0.2, 0.25) is 0 Å². The Bertz CT molecular complexity index is 506. The van der Waals surface area contributed by atoms with Gasteiger partial charge in [-0.1, -0.05) is 30.4 Å². The van der Waals surface area contributed by atoms with Crippen molar-refractivity contribution in [3.63, 3.8) is 0 Å². The van der Waals surface area contributed by atoms with Gasteiger partial charge in [-0.05, 0) is 50.5 Å². The second-order valence-corrected chi connectivity index (χ2v) is 5.97. The fourth-order valence-electron chi connectivity index (χ4n) is 2.73. The summed E-state index contributed by atoms with van der Waals surface area (Å²) in [5.41, 5.74) is 1.64. The van der Waals surface area contributed by atoms with E-state index < -0.39 is 5.60 Å². The summed E-state index contributed by atoms with van der Waals surface area (Å²) in [6.07, 6.45) is 8.74. The van der Waals surface area contributed by atoms with Crippen molar-refractivity contribution >= 4 is 5.70 Å². The Labute approximate surface area is 115 Å². The van der Waals surface area contributed by atoms with Gasteiger partial charge in [0.1, 0.15) is 0 Å². The van der Waals surface area contributed by atoms with E-state index in [1.54, 1.807) is 0 Å². The van der Waals surface area contributed by atoms with Crippen LogP contribution >= 0.6 is 0 Å². The minimum atomic E-state index is -0.739. The fraction of sp³-hybridized carbons (Fsp3) is 0.412. The second kappa shape index (κ2) is 4.53. The highest BCUT2D eigenvalue weighted by atomic mass is 16.3. The number of rotatable bonds is 3. The maximum atomic E-state index is 10.4. The Morgan fingerprint density at radius 3 is 2.74 bits per heavy atom. The molecule has 0 amide bonds. The van der Waals surface area contributed by atoms with Crippen LogP contribution in [-0.2, 0) is 0 Å². The first-order valence-corrected chi connectivity index (χ1v) is 6.93. The molecule has 1 aromatic carbocycles. The smallest absolute Gasteiger partial charge is 0.0830 e. The van der Waals surface area contributed by atoms with E-state index in [1.165, 1.54) is 24.1 Å². The summed E-state index contributed by atoms with van der Waals surface area (Å²) in [6, 6.07) is 11.8. The van der Waals surface area contributed by atoms with Crippen molar-refractivity contribution in [2.75, 3.05) is 0 Å². The molecule has 0 saturated heterocycles. The number of allylic oxidation sites excluding steroid dienone is 2. The van der Waals surface area contributed by atoms with Crippen LogP contribution < -0.4 is 0 Å². The third kappa shape index (κ3) is 2.45. The highest BCUT2D eigenvalue weighted by Gasteiger charge is 2.41. The quantitative estimate of drug-likeness (QED) is 0.896. The van der Waals surface area contributed by atoms with E-state index in [-0.39, 0.29) is 6.04 Å². The molecule has 2 heteroatoms. The van der Waals surface area contributed by atoms with Crippen LogP contribution in [0.3, 0.4) is 0 Å². The summed E-state index contributed by atoms with van der Waals surface area (Å²) in [5.74, 6) is 0. The van der Waals surface area contributed by atoms with Gasteiger partial charge in [-0.25, -0.2) is 0 Å². The summed E-state index contributed by atoms with van der Waals surface area (Å²) in [5, 5.41) is 10.4. The molecule has 0 spiro atoms. The summed E-state index contributed by atoms with van der Waals surface area (Å²) >= 11 is 0. The van der Waals surface area contributed by atoms with Gasteiger partial charge in [-0.3, -0.25) is 0 Å². The SMILES string of the molecule is CC(C)(O)C1C=CC=C(c2c[c]ccc2)N1C1CC1. The number of benzene rings is 1. The Hall–Kier alpha value is -1.54. The van der Waals surface area contributed by atoms with Crippen molar-refractivity contribution in [2.24, 2.45) is 0 Å². The van der Waals surface area contributed by atoms with Crippen LogP contribution in [0, 0.1) is 6.07 Å². The van der Waals surface area contributed by atoms with E-state index in [0.717, 1.165) is 0 Å². The molecule has 0 aromatic heterocycles. The van der Waals surface area contributed by atoms with E-state index in [0.29, 0.717) is 6.04 Å². The summed E-state index contributed by atoms with van der Waals surface area (Å²) < 4.78 is 0. The zero-order chi connectivity index (χ0) is 13.5. The van der Waals surface area contributed by atoms with Crippen molar-refractivity contribution in [3.8, 4) is 0 Å². The van der Waals surface area contributed by atoms with Crippen LogP contribution in [0.1, 0.15) is 32.3 Å². The summed E-state index contributed by atoms with van der Waals surface area (Å²) in [7, 11) is 0. The monoisotopic (exact) mass is 254 g/mol. The van der Waals surface area contributed by atoms with Gasteiger partial charge in [0, 0.05) is 11.7 Å². The van der Waals surface area contributed by atoms with E-state index >= 15 is 0 Å². The van der Waals surface area contributed by atoms with Gasteiger partial charge < -0.3 is 10.0 Å². The lowest BCUT2D eigenvalue weighted by molar-refractivity contribution is 0.0182. The lowest BCUT2D eigenvalue weighted by Crippen LogP contribution is -2.49. The Balaban J connectivity index is 1.99. The molecule has 2 aliphatic rings. The van der Waals surface area contributed by atoms with Gasteiger partial charge in [0.2, 0.25) is 0 Å². The normalized spacial score (nSPS) is 23.4. The largest absolute Gasteiger partial charge is 0.388 e. The van der Waals surface area contributed by atoms with Gasteiger partial charge >= 0.3 is 0 Å². The lowest BCUT2D eigenvalue weighted by Gasteiger charge is -2.42. The first-order valence-electron chi connectivity index (χ1n) is 6.93. The predicted octanol–water partition coefficient (Wildman–Crippen LogP) is 3.00. The average molecular weight is 254 g/mol. The molecule has 0 bridgehead atoms. The van der Waals surface area contributed by atoms with Crippen LogP contribution in [-0.4, -0.2) is 27.7 Å². The molecular weight excluding hydrogens is 234 g/mol. The number of hydrogen-bond donors (Lipinski definition) is 1. The fourth-order valence-corrected chi connectivity index (χ4v) is 2.73. The van der Waals surface area contributed by atoms with Gasteiger partial charge in [0.15, 0.2) is 0 Å². The standard InChI is InChI=1S/C17H20NO/c1-17(2,19)16-10-6-9-15(18(16)14-11-12-14)13-7-4-3-5-8-13/h3-4,6-10,14,16,19H,11-12H2,1-2H3. The number of hydrogen-bond acceptors (Lipinski definition) is 2. The first kappa shape index (κ1) is 12.5. The molecule has 1 saturated carbocycles. The molecule has 1 fully saturated rings. The highest BCUT2D eigenvalue weighted by molar-refractivity contribution is 5.68. The van der Waals surface area contributed by atoms with Gasteiger partial charge in [-0.2, -0.15) is 0 Å². The topological polar surface area (TPSA) is 23.5 Å². The number of nitrogens with zero attached hydrogens (tertiary/aromatic N) is 1. The Morgan fingerprint density at radius 1 is 1.37 bits per heavy atom.